The van der Waals surface area contributed by atoms with E-state index in [1.54, 1.807) is 18.2 Å². The topological polar surface area (TPSA) is 39.4 Å². The predicted molar refractivity (Wildman–Crippen MR) is 62.5 cm³/mol. The highest BCUT2D eigenvalue weighted by atomic mass is 16.5. The minimum atomic E-state index is -0.0761. The Morgan fingerprint density at radius 1 is 1.24 bits per heavy atom. The largest absolute Gasteiger partial charge is 0.493 e. The van der Waals surface area contributed by atoms with E-state index in [4.69, 9.17) is 9.15 Å². The molecule has 0 radical (unpaired) electrons. The smallest absolute Gasteiger partial charge is 0.228 e. The molecule has 0 fully saturated rings. The Morgan fingerprint density at radius 3 is 2.88 bits per heavy atom. The van der Waals surface area contributed by atoms with Crippen LogP contribution in [0.1, 0.15) is 27.4 Å². The molecule has 3 nitrogen and oxygen atoms in total. The van der Waals surface area contributed by atoms with Gasteiger partial charge in [-0.05, 0) is 42.8 Å². The van der Waals surface area contributed by atoms with Crippen molar-refractivity contribution in [3.8, 4) is 5.75 Å². The second kappa shape index (κ2) is 3.77. The summed E-state index contributed by atoms with van der Waals surface area (Å²) in [6.45, 7) is 2.53. The lowest BCUT2D eigenvalue weighted by atomic mass is 10.0. The molecule has 1 aromatic carbocycles. The summed E-state index contributed by atoms with van der Waals surface area (Å²) in [5, 5.41) is 0. The molecule has 1 aliphatic rings. The summed E-state index contributed by atoms with van der Waals surface area (Å²) in [7, 11) is 0. The minimum absolute atomic E-state index is 0.0761. The van der Waals surface area contributed by atoms with E-state index >= 15 is 0 Å². The minimum Gasteiger partial charge on any atom is -0.493 e. The summed E-state index contributed by atoms with van der Waals surface area (Å²) >= 11 is 0. The molecule has 86 valence electrons. The molecule has 3 heteroatoms. The van der Waals surface area contributed by atoms with Crippen LogP contribution in [0.15, 0.2) is 34.7 Å². The van der Waals surface area contributed by atoms with E-state index in [1.807, 2.05) is 19.1 Å². The second-order valence-corrected chi connectivity index (χ2v) is 4.16. The summed E-state index contributed by atoms with van der Waals surface area (Å²) in [6, 6.07) is 9.03. The highest BCUT2D eigenvalue weighted by molar-refractivity contribution is 6.07. The quantitative estimate of drug-likeness (QED) is 0.742. The lowest BCUT2D eigenvalue weighted by molar-refractivity contribution is 0.101. The lowest BCUT2D eigenvalue weighted by Gasteiger charge is -2.01. The van der Waals surface area contributed by atoms with Gasteiger partial charge in [0.25, 0.3) is 0 Å². The zero-order valence-electron chi connectivity index (χ0n) is 9.53. The number of hydrogen-bond acceptors (Lipinski definition) is 3. The number of furan rings is 1. The molecule has 17 heavy (non-hydrogen) atoms. The molecule has 0 unspecified atom stereocenters. The Balaban J connectivity index is 1.97. The third kappa shape index (κ3) is 1.73. The van der Waals surface area contributed by atoms with Gasteiger partial charge in [0, 0.05) is 12.0 Å². The molecule has 0 N–H and O–H groups in total. The van der Waals surface area contributed by atoms with Gasteiger partial charge in [-0.2, -0.15) is 0 Å². The van der Waals surface area contributed by atoms with Crippen molar-refractivity contribution in [1.82, 2.24) is 0 Å². The van der Waals surface area contributed by atoms with Crippen LogP contribution in [0.4, 0.5) is 0 Å². The second-order valence-electron chi connectivity index (χ2n) is 4.16. The van der Waals surface area contributed by atoms with Gasteiger partial charge >= 0.3 is 0 Å². The van der Waals surface area contributed by atoms with E-state index in [-0.39, 0.29) is 5.78 Å². The monoisotopic (exact) mass is 228 g/mol. The van der Waals surface area contributed by atoms with Gasteiger partial charge in [0.05, 0.1) is 6.61 Å². The number of benzene rings is 1. The van der Waals surface area contributed by atoms with Crippen molar-refractivity contribution in [2.45, 2.75) is 13.3 Å². The molecule has 2 aromatic rings. The number of fused-ring (bicyclic) bond motifs is 1. The van der Waals surface area contributed by atoms with Crippen LogP contribution in [-0.2, 0) is 6.42 Å². The van der Waals surface area contributed by atoms with Gasteiger partial charge in [-0.3, -0.25) is 4.79 Å². The Kier molecular flexibility index (Phi) is 2.25. The first-order chi connectivity index (χ1) is 8.24. The van der Waals surface area contributed by atoms with E-state index in [1.165, 1.54) is 0 Å². The van der Waals surface area contributed by atoms with Gasteiger partial charge in [-0.1, -0.05) is 0 Å². The third-order valence-electron chi connectivity index (χ3n) is 2.92. The summed E-state index contributed by atoms with van der Waals surface area (Å²) in [4.78, 5) is 12.1. The average molecular weight is 228 g/mol. The fourth-order valence-electron chi connectivity index (χ4n) is 2.03. The normalized spacial score (nSPS) is 13.2. The van der Waals surface area contributed by atoms with Crippen molar-refractivity contribution in [3.05, 3.63) is 53.0 Å². The highest BCUT2D eigenvalue weighted by Crippen LogP contribution is 2.27. The highest BCUT2D eigenvalue weighted by Gasteiger charge is 2.17. The first-order valence-corrected chi connectivity index (χ1v) is 5.61. The first kappa shape index (κ1) is 10.1. The molecule has 1 aromatic heterocycles. The van der Waals surface area contributed by atoms with Crippen molar-refractivity contribution < 1.29 is 13.9 Å². The Bertz CT molecular complexity index is 581. The number of carbonyl (C=O) groups excluding carboxylic acids is 1. The van der Waals surface area contributed by atoms with Gasteiger partial charge in [0.1, 0.15) is 11.5 Å². The number of ether oxygens (including phenoxy) is 1. The fourth-order valence-corrected chi connectivity index (χ4v) is 2.03. The molecule has 0 bridgehead atoms. The summed E-state index contributed by atoms with van der Waals surface area (Å²) in [6.07, 6.45) is 0.869. The molecule has 1 aliphatic heterocycles. The van der Waals surface area contributed by atoms with Gasteiger partial charge < -0.3 is 9.15 Å². The molecule has 2 heterocycles. The summed E-state index contributed by atoms with van der Waals surface area (Å²) in [5.74, 6) is 1.95. The van der Waals surface area contributed by atoms with Crippen molar-refractivity contribution in [1.29, 1.82) is 0 Å². The van der Waals surface area contributed by atoms with Crippen LogP contribution in [0.3, 0.4) is 0 Å². The van der Waals surface area contributed by atoms with Crippen LogP contribution in [-0.4, -0.2) is 12.4 Å². The maximum Gasteiger partial charge on any atom is 0.228 e. The molecule has 0 amide bonds. The van der Waals surface area contributed by atoms with Gasteiger partial charge in [-0.25, -0.2) is 0 Å². The predicted octanol–water partition coefficient (Wildman–Crippen LogP) is 2.75. The van der Waals surface area contributed by atoms with Gasteiger partial charge in [0.15, 0.2) is 5.76 Å². The van der Waals surface area contributed by atoms with E-state index < -0.39 is 0 Å². The van der Waals surface area contributed by atoms with Gasteiger partial charge in [-0.15, -0.1) is 0 Å². The number of carbonyl (C=O) groups is 1. The maximum atomic E-state index is 12.1. The summed E-state index contributed by atoms with van der Waals surface area (Å²) < 4.78 is 10.7. The Labute approximate surface area is 99.0 Å². The van der Waals surface area contributed by atoms with E-state index in [9.17, 15) is 4.79 Å². The molecule has 0 saturated carbocycles. The lowest BCUT2D eigenvalue weighted by Crippen LogP contribution is -1.99. The summed E-state index contributed by atoms with van der Waals surface area (Å²) in [5.41, 5.74) is 1.75. The molecule has 0 atom stereocenters. The molecular weight excluding hydrogens is 216 g/mol. The van der Waals surface area contributed by atoms with Crippen molar-refractivity contribution in [2.24, 2.45) is 0 Å². The zero-order valence-corrected chi connectivity index (χ0v) is 9.53. The Morgan fingerprint density at radius 2 is 2.12 bits per heavy atom. The Hall–Kier alpha value is -2.03. The van der Waals surface area contributed by atoms with Crippen molar-refractivity contribution in [2.75, 3.05) is 6.61 Å². The molecule has 0 aliphatic carbocycles. The third-order valence-corrected chi connectivity index (χ3v) is 2.92. The van der Waals surface area contributed by atoms with Crippen molar-refractivity contribution in [3.63, 3.8) is 0 Å². The molecule has 0 spiro atoms. The maximum absolute atomic E-state index is 12.1. The van der Waals surface area contributed by atoms with Crippen molar-refractivity contribution >= 4 is 5.78 Å². The average Bonchev–Trinajstić information content (AvgIpc) is 2.95. The standard InChI is InChI=1S/C14H12O3/c1-9-2-4-13(17-9)14(15)11-3-5-12-10(8-11)6-7-16-12/h2-5,8H,6-7H2,1H3. The van der Waals surface area contributed by atoms with E-state index in [0.717, 1.165) is 23.5 Å². The van der Waals surface area contributed by atoms with Crippen LogP contribution in [0.25, 0.3) is 0 Å². The zero-order chi connectivity index (χ0) is 11.8. The number of hydrogen-bond donors (Lipinski definition) is 0. The van der Waals surface area contributed by atoms with Crippen LogP contribution in [0.2, 0.25) is 0 Å². The van der Waals surface area contributed by atoms with Crippen LogP contribution < -0.4 is 4.74 Å². The molecular formula is C14H12O3. The van der Waals surface area contributed by atoms with Gasteiger partial charge in [0.2, 0.25) is 5.78 Å². The number of aryl methyl sites for hydroxylation is 1. The molecule has 0 saturated heterocycles. The first-order valence-electron chi connectivity index (χ1n) is 5.61. The van der Waals surface area contributed by atoms with Crippen LogP contribution >= 0.6 is 0 Å². The SMILES string of the molecule is Cc1ccc(C(=O)c2ccc3c(c2)CCO3)o1. The number of rotatable bonds is 2. The van der Waals surface area contributed by atoms with Crippen LogP contribution in [0, 0.1) is 6.92 Å². The van der Waals surface area contributed by atoms with E-state index in [0.29, 0.717) is 17.9 Å². The molecule has 3 rings (SSSR count). The van der Waals surface area contributed by atoms with Crippen LogP contribution in [0.5, 0.6) is 5.75 Å². The fraction of sp³-hybridized carbons (Fsp3) is 0.214. The van der Waals surface area contributed by atoms with E-state index in [2.05, 4.69) is 0 Å². The number of ketones is 1.